The first-order valence-corrected chi connectivity index (χ1v) is 6.63. The number of nitrogens with zero attached hydrogens (tertiary/aromatic N) is 1. The topological polar surface area (TPSA) is 48.0 Å². The lowest BCUT2D eigenvalue weighted by atomic mass is 10.2. The number of halogens is 2. The average molecular weight is 311 g/mol. The van der Waals surface area contributed by atoms with Crippen LogP contribution in [0.4, 0.5) is 4.39 Å². The van der Waals surface area contributed by atoms with Crippen LogP contribution in [0.2, 0.25) is 5.02 Å². The minimum absolute atomic E-state index is 0.0500. The first kappa shape index (κ1) is 14.7. The van der Waals surface area contributed by atoms with Crippen LogP contribution >= 0.6 is 23.8 Å². The van der Waals surface area contributed by atoms with E-state index < -0.39 is 5.82 Å². The van der Waals surface area contributed by atoms with Gasteiger partial charge in [0.1, 0.15) is 10.8 Å². The lowest BCUT2D eigenvalue weighted by Crippen LogP contribution is -2.30. The van der Waals surface area contributed by atoms with E-state index in [-0.39, 0.29) is 27.7 Å². The highest BCUT2D eigenvalue weighted by Gasteiger charge is 2.10. The molecule has 2 aromatic rings. The summed E-state index contributed by atoms with van der Waals surface area (Å²) in [7, 11) is 0. The number of rotatable bonds is 3. The van der Waals surface area contributed by atoms with Crippen molar-refractivity contribution in [1.29, 1.82) is 0 Å². The van der Waals surface area contributed by atoms with Crippen molar-refractivity contribution in [3.8, 4) is 0 Å². The van der Waals surface area contributed by atoms with Crippen LogP contribution in [-0.2, 0) is 6.54 Å². The van der Waals surface area contributed by atoms with Crippen molar-refractivity contribution in [2.45, 2.75) is 13.5 Å². The maximum Gasteiger partial charge on any atom is 0.261 e. The number of hydrogen-bond donors (Lipinski definition) is 1. The third kappa shape index (κ3) is 2.89. The molecule has 0 aliphatic heterocycles. The van der Waals surface area contributed by atoms with Gasteiger partial charge in [-0.25, -0.2) is 4.39 Å². The molecule has 3 nitrogen and oxygen atoms in total. The Labute approximate surface area is 125 Å². The Morgan fingerprint density at radius 3 is 2.70 bits per heavy atom. The summed E-state index contributed by atoms with van der Waals surface area (Å²) in [5.74, 6) is -0.417. The number of thiocarbonyl (C=S) groups is 1. The normalized spacial score (nSPS) is 10.6. The van der Waals surface area contributed by atoms with Crippen molar-refractivity contribution in [3.05, 3.63) is 68.3 Å². The van der Waals surface area contributed by atoms with Gasteiger partial charge < -0.3 is 10.3 Å². The highest BCUT2D eigenvalue weighted by atomic mass is 35.5. The number of nitrogens with two attached hydrogens (primary N) is 1. The molecule has 1 aromatic heterocycles. The van der Waals surface area contributed by atoms with Crippen molar-refractivity contribution >= 4 is 28.8 Å². The van der Waals surface area contributed by atoms with Crippen molar-refractivity contribution in [3.63, 3.8) is 0 Å². The second kappa shape index (κ2) is 5.73. The molecular weight excluding hydrogens is 299 g/mol. The highest BCUT2D eigenvalue weighted by Crippen LogP contribution is 2.18. The zero-order chi connectivity index (χ0) is 14.9. The van der Waals surface area contributed by atoms with E-state index in [0.29, 0.717) is 5.56 Å². The molecule has 104 valence electrons. The van der Waals surface area contributed by atoms with Gasteiger partial charge in [0, 0.05) is 10.7 Å². The van der Waals surface area contributed by atoms with Gasteiger partial charge in [-0.2, -0.15) is 0 Å². The Hall–Kier alpha value is -1.72. The molecule has 0 saturated heterocycles. The van der Waals surface area contributed by atoms with Crippen molar-refractivity contribution in [2.75, 3.05) is 0 Å². The van der Waals surface area contributed by atoms with Crippen LogP contribution in [0.25, 0.3) is 0 Å². The summed E-state index contributed by atoms with van der Waals surface area (Å²) in [6.07, 6.45) is 0. The summed E-state index contributed by atoms with van der Waals surface area (Å²) < 4.78 is 14.5. The molecule has 0 saturated carbocycles. The van der Waals surface area contributed by atoms with E-state index in [2.05, 4.69) is 0 Å². The lowest BCUT2D eigenvalue weighted by molar-refractivity contribution is 0.625. The number of hydrogen-bond acceptors (Lipinski definition) is 2. The minimum Gasteiger partial charge on any atom is -0.389 e. The van der Waals surface area contributed by atoms with E-state index in [9.17, 15) is 9.18 Å². The quantitative estimate of drug-likeness (QED) is 0.887. The number of pyridine rings is 1. The first-order chi connectivity index (χ1) is 9.40. The second-order valence-electron chi connectivity index (χ2n) is 4.38. The van der Waals surface area contributed by atoms with Crippen molar-refractivity contribution < 1.29 is 4.39 Å². The van der Waals surface area contributed by atoms with Crippen LogP contribution in [0.1, 0.15) is 16.8 Å². The molecule has 0 spiro atoms. The third-order valence-electron chi connectivity index (χ3n) is 3.00. The second-order valence-corrected chi connectivity index (χ2v) is 5.23. The maximum absolute atomic E-state index is 13.0. The zero-order valence-electron chi connectivity index (χ0n) is 10.7. The summed E-state index contributed by atoms with van der Waals surface area (Å²) >= 11 is 10.8. The van der Waals surface area contributed by atoms with Crippen LogP contribution in [-0.4, -0.2) is 9.56 Å². The SMILES string of the molecule is Cc1ccc(C(N)=S)c(=O)n1Cc1ccc(F)cc1Cl. The molecule has 0 amide bonds. The fourth-order valence-corrected chi connectivity index (χ4v) is 2.26. The van der Waals surface area contributed by atoms with Gasteiger partial charge in [-0.05, 0) is 36.8 Å². The molecule has 1 heterocycles. The summed E-state index contributed by atoms with van der Waals surface area (Å²) in [4.78, 5) is 12.3. The van der Waals surface area contributed by atoms with E-state index >= 15 is 0 Å². The molecule has 0 radical (unpaired) electrons. The highest BCUT2D eigenvalue weighted by molar-refractivity contribution is 7.80. The van der Waals surface area contributed by atoms with Crippen molar-refractivity contribution in [2.24, 2.45) is 5.73 Å². The Morgan fingerprint density at radius 2 is 2.10 bits per heavy atom. The fourth-order valence-electron chi connectivity index (χ4n) is 1.88. The van der Waals surface area contributed by atoms with E-state index in [4.69, 9.17) is 29.6 Å². The van der Waals surface area contributed by atoms with Gasteiger partial charge in [0.2, 0.25) is 0 Å². The Bertz CT molecular complexity index is 742. The van der Waals surface area contributed by atoms with Gasteiger partial charge in [-0.1, -0.05) is 29.9 Å². The van der Waals surface area contributed by atoms with E-state index in [1.807, 2.05) is 0 Å². The molecule has 0 aliphatic rings. The van der Waals surface area contributed by atoms with Crippen molar-refractivity contribution in [1.82, 2.24) is 4.57 Å². The number of aryl methyl sites for hydroxylation is 1. The van der Waals surface area contributed by atoms with Gasteiger partial charge in [-0.15, -0.1) is 0 Å². The monoisotopic (exact) mass is 310 g/mol. The average Bonchev–Trinajstić information content (AvgIpc) is 2.36. The number of aromatic nitrogens is 1. The molecule has 0 bridgehead atoms. The molecule has 0 fully saturated rings. The largest absolute Gasteiger partial charge is 0.389 e. The lowest BCUT2D eigenvalue weighted by Gasteiger charge is -2.12. The molecular formula is C14H12ClFN2OS. The number of benzene rings is 1. The minimum atomic E-state index is -0.417. The summed E-state index contributed by atoms with van der Waals surface area (Å²) in [5.41, 5.74) is 6.92. The van der Waals surface area contributed by atoms with Gasteiger partial charge in [0.25, 0.3) is 5.56 Å². The van der Waals surface area contributed by atoms with Crippen LogP contribution in [0.5, 0.6) is 0 Å². The third-order valence-corrected chi connectivity index (χ3v) is 3.57. The van der Waals surface area contributed by atoms with Crippen LogP contribution in [0.15, 0.2) is 35.1 Å². The summed E-state index contributed by atoms with van der Waals surface area (Å²) in [6, 6.07) is 7.43. The maximum atomic E-state index is 13.0. The summed E-state index contributed by atoms with van der Waals surface area (Å²) in [6.45, 7) is 2.03. The molecule has 0 unspecified atom stereocenters. The molecule has 0 atom stereocenters. The molecule has 6 heteroatoms. The van der Waals surface area contributed by atoms with E-state index in [1.165, 1.54) is 16.7 Å². The van der Waals surface area contributed by atoms with E-state index in [1.54, 1.807) is 25.1 Å². The molecule has 20 heavy (non-hydrogen) atoms. The van der Waals surface area contributed by atoms with Gasteiger partial charge in [0.05, 0.1) is 12.1 Å². The Morgan fingerprint density at radius 1 is 1.40 bits per heavy atom. The molecule has 1 aromatic carbocycles. The van der Waals surface area contributed by atoms with Crippen LogP contribution in [0, 0.1) is 12.7 Å². The summed E-state index contributed by atoms with van der Waals surface area (Å²) in [5, 5.41) is 0.275. The predicted molar refractivity (Wildman–Crippen MR) is 81.8 cm³/mol. The van der Waals surface area contributed by atoms with Crippen LogP contribution in [0.3, 0.4) is 0 Å². The molecule has 2 rings (SSSR count). The predicted octanol–water partition coefficient (Wildman–Crippen LogP) is 2.63. The molecule has 2 N–H and O–H groups in total. The standard InChI is InChI=1S/C14H12ClFN2OS/c1-8-2-5-11(13(17)20)14(19)18(8)7-9-3-4-10(16)6-12(9)15/h2-6H,7H2,1H3,(H2,17,20). The van der Waals surface area contributed by atoms with Gasteiger partial charge in [-0.3, -0.25) is 4.79 Å². The smallest absolute Gasteiger partial charge is 0.261 e. The Kier molecular flexibility index (Phi) is 4.20. The fraction of sp³-hybridized carbons (Fsp3) is 0.143. The zero-order valence-corrected chi connectivity index (χ0v) is 12.3. The van der Waals surface area contributed by atoms with Crippen LogP contribution < -0.4 is 11.3 Å². The first-order valence-electron chi connectivity index (χ1n) is 5.84. The van der Waals surface area contributed by atoms with E-state index in [0.717, 1.165) is 5.69 Å². The van der Waals surface area contributed by atoms with Gasteiger partial charge in [0.15, 0.2) is 0 Å². The molecule has 0 aliphatic carbocycles. The Balaban J connectivity index is 2.51. The van der Waals surface area contributed by atoms with Gasteiger partial charge >= 0.3 is 0 Å².